The van der Waals surface area contributed by atoms with E-state index in [-0.39, 0.29) is 17.3 Å². The van der Waals surface area contributed by atoms with E-state index in [1.165, 1.54) is 11.3 Å². The zero-order chi connectivity index (χ0) is 16.0. The van der Waals surface area contributed by atoms with Gasteiger partial charge in [-0.1, -0.05) is 19.1 Å². The molecule has 0 amide bonds. The summed E-state index contributed by atoms with van der Waals surface area (Å²) < 4.78 is 27.2. The van der Waals surface area contributed by atoms with Gasteiger partial charge in [0.2, 0.25) is 10.0 Å². The smallest absolute Gasteiger partial charge is 0.240 e. The first kappa shape index (κ1) is 20.1. The first-order valence-electron chi connectivity index (χ1n) is 7.26. The van der Waals surface area contributed by atoms with E-state index in [1.54, 1.807) is 18.2 Å². The largest absolute Gasteiger partial charge is 0.315 e. The molecule has 0 aliphatic rings. The molecule has 1 heterocycles. The van der Waals surface area contributed by atoms with E-state index < -0.39 is 10.0 Å². The Labute approximate surface area is 148 Å². The summed E-state index contributed by atoms with van der Waals surface area (Å²) >= 11 is 1.51. The van der Waals surface area contributed by atoms with E-state index >= 15 is 0 Å². The first-order valence-corrected chi connectivity index (χ1v) is 9.62. The molecule has 2 rings (SSSR count). The Kier molecular flexibility index (Phi) is 8.15. The Morgan fingerprint density at radius 3 is 2.65 bits per heavy atom. The first-order chi connectivity index (χ1) is 10.5. The SMILES string of the molecule is CCCNCCNS(=O)(=O)c1cccc(-c2nc(C)cs2)c1.Cl. The summed E-state index contributed by atoms with van der Waals surface area (Å²) in [6.45, 7) is 5.89. The fraction of sp³-hybridized carbons (Fsp3) is 0.400. The summed E-state index contributed by atoms with van der Waals surface area (Å²) in [6, 6.07) is 6.89. The lowest BCUT2D eigenvalue weighted by Gasteiger charge is -2.08. The van der Waals surface area contributed by atoms with Crippen molar-refractivity contribution in [2.24, 2.45) is 0 Å². The van der Waals surface area contributed by atoms with E-state index in [1.807, 2.05) is 18.4 Å². The van der Waals surface area contributed by atoms with Crippen LogP contribution in [0.5, 0.6) is 0 Å². The van der Waals surface area contributed by atoms with Gasteiger partial charge >= 0.3 is 0 Å². The molecule has 0 spiro atoms. The van der Waals surface area contributed by atoms with Gasteiger partial charge < -0.3 is 5.32 Å². The van der Waals surface area contributed by atoms with Crippen LogP contribution < -0.4 is 10.0 Å². The number of sulfonamides is 1. The van der Waals surface area contributed by atoms with Gasteiger partial charge in [-0.3, -0.25) is 0 Å². The number of halogens is 1. The number of nitrogens with one attached hydrogen (secondary N) is 2. The molecule has 0 radical (unpaired) electrons. The maximum Gasteiger partial charge on any atom is 0.240 e. The third-order valence-electron chi connectivity index (χ3n) is 3.03. The normalized spacial score (nSPS) is 11.2. The quantitative estimate of drug-likeness (QED) is 0.696. The zero-order valence-corrected chi connectivity index (χ0v) is 15.7. The van der Waals surface area contributed by atoms with Crippen molar-refractivity contribution in [1.82, 2.24) is 15.0 Å². The molecule has 0 saturated heterocycles. The van der Waals surface area contributed by atoms with Crippen LogP contribution in [0.15, 0.2) is 34.5 Å². The van der Waals surface area contributed by atoms with Crippen LogP contribution in [0.1, 0.15) is 19.0 Å². The molecule has 0 fully saturated rings. The van der Waals surface area contributed by atoms with Gasteiger partial charge in [-0.15, -0.1) is 23.7 Å². The number of aryl methyl sites for hydroxylation is 1. The van der Waals surface area contributed by atoms with E-state index in [4.69, 9.17) is 0 Å². The highest BCUT2D eigenvalue weighted by molar-refractivity contribution is 7.89. The van der Waals surface area contributed by atoms with Crippen molar-refractivity contribution >= 4 is 33.8 Å². The number of benzene rings is 1. The summed E-state index contributed by atoms with van der Waals surface area (Å²) in [5.74, 6) is 0. The van der Waals surface area contributed by atoms with E-state index in [2.05, 4.69) is 21.9 Å². The van der Waals surface area contributed by atoms with Gasteiger partial charge in [-0.2, -0.15) is 0 Å². The Morgan fingerprint density at radius 2 is 2.00 bits per heavy atom. The van der Waals surface area contributed by atoms with E-state index in [0.717, 1.165) is 29.2 Å². The Morgan fingerprint density at radius 1 is 1.22 bits per heavy atom. The summed E-state index contributed by atoms with van der Waals surface area (Å²) in [7, 11) is -3.48. The number of thiazole rings is 1. The van der Waals surface area contributed by atoms with Crippen molar-refractivity contribution in [3.8, 4) is 10.6 Å². The van der Waals surface area contributed by atoms with Gasteiger partial charge in [0.15, 0.2) is 0 Å². The Bertz CT molecular complexity index is 717. The Hall–Kier alpha value is -0.990. The highest BCUT2D eigenvalue weighted by atomic mass is 35.5. The van der Waals surface area contributed by atoms with Crippen molar-refractivity contribution < 1.29 is 8.42 Å². The highest BCUT2D eigenvalue weighted by Gasteiger charge is 2.14. The molecule has 5 nitrogen and oxygen atoms in total. The second-order valence-corrected chi connectivity index (χ2v) is 7.59. The molecule has 0 saturated carbocycles. The standard InChI is InChI=1S/C15H21N3O2S2.ClH/c1-3-7-16-8-9-17-22(19,20)14-6-4-5-13(10-14)15-18-12(2)11-21-15;/h4-6,10-11,16-17H,3,7-9H2,1-2H3;1H. The summed E-state index contributed by atoms with van der Waals surface area (Å²) in [5.41, 5.74) is 1.76. The fourth-order valence-electron chi connectivity index (χ4n) is 1.94. The number of nitrogens with zero attached hydrogens (tertiary/aromatic N) is 1. The van der Waals surface area contributed by atoms with Crippen LogP contribution in [-0.2, 0) is 10.0 Å². The van der Waals surface area contributed by atoms with Crippen LogP contribution in [-0.4, -0.2) is 33.0 Å². The molecule has 0 aliphatic heterocycles. The van der Waals surface area contributed by atoms with Gasteiger partial charge in [0.1, 0.15) is 5.01 Å². The lowest BCUT2D eigenvalue weighted by atomic mass is 10.2. The molecule has 1 aromatic heterocycles. The number of rotatable bonds is 8. The molecular weight excluding hydrogens is 354 g/mol. The van der Waals surface area contributed by atoms with Crippen LogP contribution in [0.2, 0.25) is 0 Å². The molecule has 0 unspecified atom stereocenters. The number of hydrogen-bond acceptors (Lipinski definition) is 5. The molecule has 128 valence electrons. The van der Waals surface area contributed by atoms with Crippen molar-refractivity contribution in [2.75, 3.05) is 19.6 Å². The second-order valence-electron chi connectivity index (χ2n) is 4.97. The monoisotopic (exact) mass is 375 g/mol. The zero-order valence-electron chi connectivity index (χ0n) is 13.2. The average molecular weight is 376 g/mol. The lowest BCUT2D eigenvalue weighted by Crippen LogP contribution is -2.32. The van der Waals surface area contributed by atoms with Crippen LogP contribution in [0.4, 0.5) is 0 Å². The average Bonchev–Trinajstić information content (AvgIpc) is 2.94. The minimum Gasteiger partial charge on any atom is -0.315 e. The number of hydrogen-bond donors (Lipinski definition) is 2. The van der Waals surface area contributed by atoms with Gasteiger partial charge in [0.25, 0.3) is 0 Å². The van der Waals surface area contributed by atoms with Crippen LogP contribution in [0.25, 0.3) is 10.6 Å². The minimum absolute atomic E-state index is 0. The van der Waals surface area contributed by atoms with E-state index in [0.29, 0.717) is 13.1 Å². The topological polar surface area (TPSA) is 71.1 Å². The van der Waals surface area contributed by atoms with Crippen molar-refractivity contribution in [2.45, 2.75) is 25.2 Å². The predicted octanol–water partition coefficient (Wildman–Crippen LogP) is 2.82. The number of aromatic nitrogens is 1. The molecule has 0 atom stereocenters. The highest BCUT2D eigenvalue weighted by Crippen LogP contribution is 2.25. The van der Waals surface area contributed by atoms with Crippen LogP contribution in [0.3, 0.4) is 0 Å². The molecule has 0 bridgehead atoms. The van der Waals surface area contributed by atoms with Gasteiger partial charge in [-0.25, -0.2) is 18.1 Å². The van der Waals surface area contributed by atoms with Gasteiger partial charge in [-0.05, 0) is 32.0 Å². The van der Waals surface area contributed by atoms with Crippen molar-refractivity contribution in [3.05, 3.63) is 35.3 Å². The molecule has 2 aromatic rings. The van der Waals surface area contributed by atoms with Gasteiger partial charge in [0, 0.05) is 29.7 Å². The molecule has 8 heteroatoms. The lowest BCUT2D eigenvalue weighted by molar-refractivity contribution is 0.575. The molecular formula is C15H22ClN3O2S2. The third-order valence-corrected chi connectivity index (χ3v) is 5.50. The maximum absolute atomic E-state index is 12.3. The molecule has 1 aromatic carbocycles. The molecule has 2 N–H and O–H groups in total. The van der Waals surface area contributed by atoms with Crippen LogP contribution in [0, 0.1) is 6.92 Å². The second kappa shape index (κ2) is 9.34. The maximum atomic E-state index is 12.3. The van der Waals surface area contributed by atoms with Gasteiger partial charge in [0.05, 0.1) is 4.90 Å². The summed E-state index contributed by atoms with van der Waals surface area (Å²) in [4.78, 5) is 4.66. The summed E-state index contributed by atoms with van der Waals surface area (Å²) in [6.07, 6.45) is 1.03. The molecule has 23 heavy (non-hydrogen) atoms. The van der Waals surface area contributed by atoms with Crippen molar-refractivity contribution in [1.29, 1.82) is 0 Å². The van der Waals surface area contributed by atoms with Crippen LogP contribution >= 0.6 is 23.7 Å². The summed E-state index contributed by atoms with van der Waals surface area (Å²) in [5, 5.41) is 5.95. The van der Waals surface area contributed by atoms with E-state index in [9.17, 15) is 8.42 Å². The molecule has 0 aliphatic carbocycles. The van der Waals surface area contributed by atoms with Crippen molar-refractivity contribution in [3.63, 3.8) is 0 Å². The Balaban J connectivity index is 0.00000264. The minimum atomic E-state index is -3.48. The predicted molar refractivity (Wildman–Crippen MR) is 97.9 cm³/mol. The third kappa shape index (κ3) is 5.86. The fourth-order valence-corrected chi connectivity index (χ4v) is 3.81.